The summed E-state index contributed by atoms with van der Waals surface area (Å²) in [5.41, 5.74) is 0.0228. The number of carbonyl (C=O) groups excluding carboxylic acids is 2. The van der Waals surface area contributed by atoms with Gasteiger partial charge in [0.2, 0.25) is 5.91 Å². The number of amides is 1. The van der Waals surface area contributed by atoms with E-state index in [1.54, 1.807) is 26.0 Å². The Morgan fingerprint density at radius 3 is 2.59 bits per heavy atom. The number of ether oxygens (including phenoxy) is 4. The lowest BCUT2D eigenvalue weighted by Gasteiger charge is -2.39. The molecule has 3 N–H and O–H groups in total. The number of hydrogen-bond donors (Lipinski definition) is 3. The minimum atomic E-state index is -1.42. The Bertz CT molecular complexity index is 969. The molecule has 206 valence electrons. The number of epoxide rings is 1. The number of aliphatic hydroxyl groups is 2. The number of aliphatic hydroxyl groups excluding tert-OH is 1. The average Bonchev–Trinajstić information content (AvgIpc) is 3.43. The second kappa shape index (κ2) is 11.5. The first-order valence-electron chi connectivity index (χ1n) is 12.9. The molecule has 1 amide bonds. The van der Waals surface area contributed by atoms with Crippen molar-refractivity contribution in [2.45, 2.75) is 109 Å². The number of allylic oxidation sites excluding steroid dienone is 2. The average molecular weight is 520 g/mol. The maximum Gasteiger partial charge on any atom is 0.303 e. The van der Waals surface area contributed by atoms with Gasteiger partial charge in [-0.05, 0) is 52.5 Å². The van der Waals surface area contributed by atoms with E-state index in [1.807, 2.05) is 19.9 Å². The van der Waals surface area contributed by atoms with E-state index >= 15 is 0 Å². The Hall–Kier alpha value is -2.46. The van der Waals surface area contributed by atoms with Gasteiger partial charge in [-0.3, -0.25) is 9.59 Å². The smallest absolute Gasteiger partial charge is 0.303 e. The number of esters is 1. The molecule has 3 aliphatic rings. The Kier molecular flexibility index (Phi) is 9.06. The Morgan fingerprint density at radius 2 is 1.97 bits per heavy atom. The minimum absolute atomic E-state index is 0.00487. The summed E-state index contributed by atoms with van der Waals surface area (Å²) in [7, 11) is 0. The molecule has 3 heterocycles. The predicted molar refractivity (Wildman–Crippen MR) is 137 cm³/mol. The van der Waals surface area contributed by atoms with E-state index < -0.39 is 35.7 Å². The van der Waals surface area contributed by atoms with Crippen molar-refractivity contribution >= 4 is 11.9 Å². The molecule has 3 rings (SSSR count). The van der Waals surface area contributed by atoms with Crippen molar-refractivity contribution < 1.29 is 38.7 Å². The van der Waals surface area contributed by atoms with E-state index in [1.165, 1.54) is 13.0 Å². The van der Waals surface area contributed by atoms with Crippen molar-refractivity contribution in [3.63, 3.8) is 0 Å². The van der Waals surface area contributed by atoms with Crippen LogP contribution in [0, 0.1) is 5.92 Å². The van der Waals surface area contributed by atoms with Gasteiger partial charge in [-0.2, -0.15) is 0 Å². The van der Waals surface area contributed by atoms with Crippen molar-refractivity contribution in [1.82, 2.24) is 5.32 Å². The summed E-state index contributed by atoms with van der Waals surface area (Å²) in [6.07, 6.45) is 7.88. The van der Waals surface area contributed by atoms with Crippen LogP contribution in [0.25, 0.3) is 0 Å². The molecule has 0 radical (unpaired) electrons. The van der Waals surface area contributed by atoms with E-state index in [9.17, 15) is 19.8 Å². The first kappa shape index (κ1) is 29.1. The molecule has 1 spiro atoms. The summed E-state index contributed by atoms with van der Waals surface area (Å²) in [4.78, 5) is 23.3. The molecule has 3 saturated heterocycles. The Labute approximate surface area is 219 Å². The minimum Gasteiger partial charge on any atom is -0.477 e. The SMILES string of the molecule is C=C1OC12CC(C)(O)OC(C=CC(C)=CCC1OC(C)C(NC(=O)C=CC(C)OC(C)=O)CC1C)C2O. The molecule has 0 aromatic heterocycles. The third kappa shape index (κ3) is 7.54. The van der Waals surface area contributed by atoms with Crippen LogP contribution in [0.4, 0.5) is 0 Å². The van der Waals surface area contributed by atoms with Crippen LogP contribution in [0.2, 0.25) is 0 Å². The van der Waals surface area contributed by atoms with E-state index in [0.717, 1.165) is 12.0 Å². The number of nitrogens with one attached hydrogen (secondary N) is 1. The third-order valence-electron chi connectivity index (χ3n) is 7.14. The monoisotopic (exact) mass is 519 g/mol. The summed E-state index contributed by atoms with van der Waals surface area (Å²) in [5, 5.41) is 24.1. The van der Waals surface area contributed by atoms with Crippen LogP contribution in [0.1, 0.15) is 60.8 Å². The zero-order chi connectivity index (χ0) is 27.5. The van der Waals surface area contributed by atoms with E-state index in [2.05, 4.69) is 24.9 Å². The van der Waals surface area contributed by atoms with Crippen LogP contribution in [0.5, 0.6) is 0 Å². The summed E-state index contributed by atoms with van der Waals surface area (Å²) < 4.78 is 22.3. The van der Waals surface area contributed by atoms with Gasteiger partial charge in [-0.25, -0.2) is 0 Å². The molecule has 0 saturated carbocycles. The Morgan fingerprint density at radius 1 is 1.30 bits per heavy atom. The fraction of sp³-hybridized carbons (Fsp3) is 0.643. The second-order valence-corrected chi connectivity index (χ2v) is 10.7. The molecule has 37 heavy (non-hydrogen) atoms. The van der Waals surface area contributed by atoms with Crippen LogP contribution in [-0.2, 0) is 28.5 Å². The van der Waals surface area contributed by atoms with Crippen LogP contribution in [0.3, 0.4) is 0 Å². The maximum absolute atomic E-state index is 12.3. The van der Waals surface area contributed by atoms with Gasteiger partial charge in [-0.15, -0.1) is 0 Å². The molecule has 9 nitrogen and oxygen atoms in total. The lowest BCUT2D eigenvalue weighted by molar-refractivity contribution is -0.272. The first-order chi connectivity index (χ1) is 17.2. The van der Waals surface area contributed by atoms with Crippen molar-refractivity contribution in [3.05, 3.63) is 48.3 Å². The van der Waals surface area contributed by atoms with Crippen molar-refractivity contribution in [3.8, 4) is 0 Å². The quantitative estimate of drug-likeness (QED) is 0.193. The zero-order valence-electron chi connectivity index (χ0n) is 22.6. The maximum atomic E-state index is 12.3. The normalized spacial score (nSPS) is 39.0. The summed E-state index contributed by atoms with van der Waals surface area (Å²) in [5.74, 6) is -1.38. The number of hydrogen-bond acceptors (Lipinski definition) is 8. The lowest BCUT2D eigenvalue weighted by Crippen LogP contribution is -2.54. The van der Waals surface area contributed by atoms with Gasteiger partial charge in [0.15, 0.2) is 11.4 Å². The molecule has 0 aliphatic carbocycles. The van der Waals surface area contributed by atoms with Crippen LogP contribution < -0.4 is 5.32 Å². The highest BCUT2D eigenvalue weighted by Crippen LogP contribution is 2.53. The standard InChI is InChI=1S/C28H41NO8/c1-16(9-12-24-26(32)28(20(5)36-28)15-27(7,33)37-24)8-11-23-17(2)14-22(19(4)35-23)29-25(31)13-10-18(3)34-21(6)30/h8-10,12-13,17-19,22-24,26,32-33H,5,11,14-15H2,1-4,6-7H3,(H,29,31). The molecule has 9 atom stereocenters. The third-order valence-corrected chi connectivity index (χ3v) is 7.14. The fourth-order valence-corrected chi connectivity index (χ4v) is 5.04. The highest BCUT2D eigenvalue weighted by atomic mass is 16.7. The van der Waals surface area contributed by atoms with Crippen LogP contribution in [-0.4, -0.2) is 70.0 Å². The summed E-state index contributed by atoms with van der Waals surface area (Å²) in [6, 6.07) is -0.123. The highest BCUT2D eigenvalue weighted by molar-refractivity contribution is 5.87. The number of carbonyl (C=O) groups is 2. The van der Waals surface area contributed by atoms with Gasteiger partial charge in [-0.1, -0.05) is 37.3 Å². The molecule has 9 unspecified atom stereocenters. The number of rotatable bonds is 8. The second-order valence-electron chi connectivity index (χ2n) is 10.7. The van der Waals surface area contributed by atoms with Gasteiger partial charge in [0, 0.05) is 13.0 Å². The van der Waals surface area contributed by atoms with Crippen molar-refractivity contribution in [2.24, 2.45) is 5.92 Å². The molecule has 9 heteroatoms. The molecule has 0 bridgehead atoms. The van der Waals surface area contributed by atoms with E-state index in [4.69, 9.17) is 18.9 Å². The Balaban J connectivity index is 1.51. The van der Waals surface area contributed by atoms with Crippen LogP contribution in [0.15, 0.2) is 48.3 Å². The largest absolute Gasteiger partial charge is 0.477 e. The highest BCUT2D eigenvalue weighted by Gasteiger charge is 2.65. The van der Waals surface area contributed by atoms with Gasteiger partial charge in [0.25, 0.3) is 0 Å². The van der Waals surface area contributed by atoms with E-state index in [-0.39, 0.29) is 36.5 Å². The first-order valence-corrected chi connectivity index (χ1v) is 12.9. The molecular formula is C28H41NO8. The lowest BCUT2D eigenvalue weighted by atomic mass is 9.86. The topological polar surface area (TPSA) is 127 Å². The van der Waals surface area contributed by atoms with Crippen molar-refractivity contribution in [1.29, 1.82) is 0 Å². The van der Waals surface area contributed by atoms with Gasteiger partial charge in [0.05, 0.1) is 24.7 Å². The van der Waals surface area contributed by atoms with Gasteiger partial charge >= 0.3 is 5.97 Å². The molecular weight excluding hydrogens is 478 g/mol. The van der Waals surface area contributed by atoms with Crippen molar-refractivity contribution in [2.75, 3.05) is 0 Å². The van der Waals surface area contributed by atoms with E-state index in [0.29, 0.717) is 12.2 Å². The van der Waals surface area contributed by atoms with Gasteiger partial charge in [0.1, 0.15) is 24.1 Å². The summed E-state index contributed by atoms with van der Waals surface area (Å²) >= 11 is 0. The predicted octanol–water partition coefficient (Wildman–Crippen LogP) is 2.83. The fourth-order valence-electron chi connectivity index (χ4n) is 5.04. The summed E-state index contributed by atoms with van der Waals surface area (Å²) in [6.45, 7) is 14.4. The van der Waals surface area contributed by atoms with Gasteiger partial charge < -0.3 is 34.5 Å². The zero-order valence-corrected chi connectivity index (χ0v) is 22.6. The molecule has 3 aliphatic heterocycles. The molecule has 0 aromatic carbocycles. The van der Waals surface area contributed by atoms with Crippen LogP contribution >= 0.6 is 0 Å². The molecule has 3 fully saturated rings. The molecule has 0 aromatic rings.